The van der Waals surface area contributed by atoms with Gasteiger partial charge >= 0.3 is 0 Å². The lowest BCUT2D eigenvalue weighted by Gasteiger charge is -2.01. The van der Waals surface area contributed by atoms with Gasteiger partial charge in [0.2, 0.25) is 0 Å². The van der Waals surface area contributed by atoms with Gasteiger partial charge in [0.15, 0.2) is 0 Å². The smallest absolute Gasteiger partial charge is 0.0649 e. The van der Waals surface area contributed by atoms with Gasteiger partial charge in [-0.05, 0) is 25.0 Å². The molecule has 0 fully saturated rings. The summed E-state index contributed by atoms with van der Waals surface area (Å²) in [5, 5.41) is 0. The molecule has 0 atom stereocenters. The summed E-state index contributed by atoms with van der Waals surface area (Å²) in [6.07, 6.45) is 1.05. The summed E-state index contributed by atoms with van der Waals surface area (Å²) in [6.45, 7) is 5.18. The lowest BCUT2D eigenvalue weighted by Crippen LogP contribution is -1.95. The van der Waals surface area contributed by atoms with Crippen molar-refractivity contribution >= 4 is 5.71 Å². The Morgan fingerprint density at radius 1 is 1.42 bits per heavy atom. The van der Waals surface area contributed by atoms with E-state index >= 15 is 0 Å². The summed E-state index contributed by atoms with van der Waals surface area (Å²) in [4.78, 5) is 4.48. The lowest BCUT2D eigenvalue weighted by atomic mass is 10.0. The summed E-state index contributed by atoms with van der Waals surface area (Å²) in [6, 6.07) is 6.59. The second kappa shape index (κ2) is 2.74. The summed E-state index contributed by atoms with van der Waals surface area (Å²) >= 11 is 0. The zero-order chi connectivity index (χ0) is 8.55. The molecule has 0 radical (unpaired) electrons. The fraction of sp³-hybridized carbons (Fsp3) is 0.364. The molecule has 1 aliphatic heterocycles. The average molecular weight is 159 g/mol. The molecule has 0 amide bonds. The Labute approximate surface area is 73.1 Å². The maximum absolute atomic E-state index is 4.48. The van der Waals surface area contributed by atoms with Crippen molar-refractivity contribution < 1.29 is 0 Å². The first kappa shape index (κ1) is 7.53. The van der Waals surface area contributed by atoms with Crippen LogP contribution in [-0.4, -0.2) is 5.71 Å². The molecule has 1 nitrogen and oxygen atoms in total. The SMILES string of the molecule is CCC1=NCc2ccc(C)cc21. The molecule has 12 heavy (non-hydrogen) atoms. The largest absolute Gasteiger partial charge is 0.284 e. The number of benzene rings is 1. The molecule has 0 aliphatic carbocycles. The molecule has 1 heterocycles. The first-order valence-electron chi connectivity index (χ1n) is 4.44. The van der Waals surface area contributed by atoms with E-state index in [1.54, 1.807) is 0 Å². The second-order valence-corrected chi connectivity index (χ2v) is 3.28. The molecular formula is C11H13N. The third-order valence-corrected chi connectivity index (χ3v) is 2.35. The minimum Gasteiger partial charge on any atom is -0.284 e. The average Bonchev–Trinajstić information content (AvgIpc) is 2.46. The van der Waals surface area contributed by atoms with Crippen LogP contribution >= 0.6 is 0 Å². The molecule has 1 aliphatic rings. The van der Waals surface area contributed by atoms with Gasteiger partial charge in [0.05, 0.1) is 6.54 Å². The maximum atomic E-state index is 4.48. The molecule has 0 saturated carbocycles. The first-order chi connectivity index (χ1) is 5.81. The molecule has 62 valence electrons. The third kappa shape index (κ3) is 1.06. The van der Waals surface area contributed by atoms with Crippen LogP contribution < -0.4 is 0 Å². The predicted octanol–water partition coefficient (Wildman–Crippen LogP) is 2.71. The van der Waals surface area contributed by atoms with Gasteiger partial charge in [-0.15, -0.1) is 0 Å². The van der Waals surface area contributed by atoms with E-state index in [1.165, 1.54) is 22.4 Å². The van der Waals surface area contributed by atoms with Gasteiger partial charge in [0.1, 0.15) is 0 Å². The van der Waals surface area contributed by atoms with Crippen LogP contribution in [-0.2, 0) is 6.54 Å². The fourth-order valence-corrected chi connectivity index (χ4v) is 1.66. The van der Waals surface area contributed by atoms with E-state index in [9.17, 15) is 0 Å². The van der Waals surface area contributed by atoms with Gasteiger partial charge in [-0.2, -0.15) is 0 Å². The maximum Gasteiger partial charge on any atom is 0.0649 e. The van der Waals surface area contributed by atoms with Gasteiger partial charge in [-0.1, -0.05) is 24.6 Å². The molecular weight excluding hydrogens is 146 g/mol. The number of fused-ring (bicyclic) bond motifs is 1. The minimum atomic E-state index is 0.888. The highest BCUT2D eigenvalue weighted by atomic mass is 14.8. The van der Waals surface area contributed by atoms with E-state index in [1.807, 2.05) is 0 Å². The Morgan fingerprint density at radius 2 is 2.25 bits per heavy atom. The summed E-state index contributed by atoms with van der Waals surface area (Å²) < 4.78 is 0. The molecule has 1 aromatic rings. The van der Waals surface area contributed by atoms with E-state index in [0.717, 1.165) is 13.0 Å². The zero-order valence-electron chi connectivity index (χ0n) is 7.59. The number of aryl methyl sites for hydroxylation is 1. The number of rotatable bonds is 1. The molecule has 0 saturated heterocycles. The topological polar surface area (TPSA) is 12.4 Å². The van der Waals surface area contributed by atoms with E-state index in [0.29, 0.717) is 0 Å². The number of hydrogen-bond donors (Lipinski definition) is 0. The Kier molecular flexibility index (Phi) is 1.72. The van der Waals surface area contributed by atoms with E-state index in [4.69, 9.17) is 0 Å². The van der Waals surface area contributed by atoms with Crippen LogP contribution in [0.25, 0.3) is 0 Å². The molecule has 0 bridgehead atoms. The highest BCUT2D eigenvalue weighted by Gasteiger charge is 2.12. The molecule has 0 N–H and O–H groups in total. The molecule has 1 heteroatoms. The fourth-order valence-electron chi connectivity index (χ4n) is 1.66. The van der Waals surface area contributed by atoms with Crippen LogP contribution in [0.2, 0.25) is 0 Å². The van der Waals surface area contributed by atoms with Crippen LogP contribution in [0, 0.1) is 6.92 Å². The molecule has 0 aromatic heterocycles. The van der Waals surface area contributed by atoms with Gasteiger partial charge in [-0.3, -0.25) is 4.99 Å². The van der Waals surface area contributed by atoms with Crippen molar-refractivity contribution in [2.24, 2.45) is 4.99 Å². The van der Waals surface area contributed by atoms with Crippen LogP contribution in [0.4, 0.5) is 0 Å². The number of aliphatic imine (C=N–C) groups is 1. The molecule has 2 rings (SSSR count). The van der Waals surface area contributed by atoms with Crippen LogP contribution in [0.3, 0.4) is 0 Å². The number of hydrogen-bond acceptors (Lipinski definition) is 1. The predicted molar refractivity (Wildman–Crippen MR) is 51.7 cm³/mol. The Bertz CT molecular complexity index is 337. The number of nitrogens with zero attached hydrogens (tertiary/aromatic N) is 1. The third-order valence-electron chi connectivity index (χ3n) is 2.35. The van der Waals surface area contributed by atoms with Crippen LogP contribution in [0.15, 0.2) is 23.2 Å². The van der Waals surface area contributed by atoms with Crippen molar-refractivity contribution in [3.05, 3.63) is 34.9 Å². The van der Waals surface area contributed by atoms with Crippen molar-refractivity contribution in [1.29, 1.82) is 0 Å². The van der Waals surface area contributed by atoms with E-state index in [2.05, 4.69) is 37.0 Å². The van der Waals surface area contributed by atoms with E-state index < -0.39 is 0 Å². The highest BCUT2D eigenvalue weighted by molar-refractivity contribution is 6.03. The highest BCUT2D eigenvalue weighted by Crippen LogP contribution is 2.21. The monoisotopic (exact) mass is 159 g/mol. The van der Waals surface area contributed by atoms with Crippen molar-refractivity contribution in [2.45, 2.75) is 26.8 Å². The van der Waals surface area contributed by atoms with Crippen molar-refractivity contribution in [2.75, 3.05) is 0 Å². The molecule has 0 spiro atoms. The standard InChI is InChI=1S/C11H13N/c1-3-11-10-6-8(2)4-5-9(10)7-12-11/h4-6H,3,7H2,1-2H3. The quantitative estimate of drug-likeness (QED) is 0.597. The second-order valence-electron chi connectivity index (χ2n) is 3.28. The van der Waals surface area contributed by atoms with Crippen LogP contribution in [0.5, 0.6) is 0 Å². The normalized spacial score (nSPS) is 14.3. The van der Waals surface area contributed by atoms with Gasteiger partial charge in [0, 0.05) is 11.3 Å². The Morgan fingerprint density at radius 3 is 3.00 bits per heavy atom. The Balaban J connectivity index is 2.50. The van der Waals surface area contributed by atoms with Gasteiger partial charge in [0.25, 0.3) is 0 Å². The lowest BCUT2D eigenvalue weighted by molar-refractivity contribution is 1.10. The van der Waals surface area contributed by atoms with Gasteiger partial charge in [-0.25, -0.2) is 0 Å². The van der Waals surface area contributed by atoms with Crippen LogP contribution in [0.1, 0.15) is 30.0 Å². The van der Waals surface area contributed by atoms with Crippen molar-refractivity contribution in [1.82, 2.24) is 0 Å². The first-order valence-corrected chi connectivity index (χ1v) is 4.44. The van der Waals surface area contributed by atoms with Crippen molar-refractivity contribution in [3.8, 4) is 0 Å². The van der Waals surface area contributed by atoms with Gasteiger partial charge < -0.3 is 0 Å². The minimum absolute atomic E-state index is 0.888. The summed E-state index contributed by atoms with van der Waals surface area (Å²) in [7, 11) is 0. The summed E-state index contributed by atoms with van der Waals surface area (Å²) in [5.74, 6) is 0. The Hall–Kier alpha value is -1.11. The van der Waals surface area contributed by atoms with E-state index in [-0.39, 0.29) is 0 Å². The summed E-state index contributed by atoms with van der Waals surface area (Å²) in [5.41, 5.74) is 5.36. The molecule has 0 unspecified atom stereocenters. The zero-order valence-corrected chi connectivity index (χ0v) is 7.59. The molecule has 1 aromatic carbocycles. The van der Waals surface area contributed by atoms with Crippen molar-refractivity contribution in [3.63, 3.8) is 0 Å².